The van der Waals surface area contributed by atoms with Gasteiger partial charge in [0.2, 0.25) is 0 Å². The lowest BCUT2D eigenvalue weighted by atomic mass is 10.0. The number of H-pyrrole nitrogens is 1. The largest absolute Gasteiger partial charge is 0.361 e. The molecule has 0 amide bonds. The van der Waals surface area contributed by atoms with Crippen LogP contribution in [0.2, 0.25) is 0 Å². The van der Waals surface area contributed by atoms with Gasteiger partial charge in [0.1, 0.15) is 11.6 Å². The number of hydrogen-bond donors (Lipinski definition) is 1. The Balaban J connectivity index is 1.41. The first-order chi connectivity index (χ1) is 17.0. The molecule has 0 saturated heterocycles. The Hall–Kier alpha value is -4.33. The topological polar surface area (TPSA) is 68.0 Å². The van der Waals surface area contributed by atoms with E-state index >= 15 is 0 Å². The lowest BCUT2D eigenvalue weighted by Gasteiger charge is -2.08. The van der Waals surface area contributed by atoms with E-state index in [1.54, 1.807) is 39.7 Å². The minimum atomic E-state index is -0.306. The van der Waals surface area contributed by atoms with E-state index in [0.717, 1.165) is 33.3 Å². The fourth-order valence-corrected chi connectivity index (χ4v) is 4.69. The number of rotatable bonds is 5. The van der Waals surface area contributed by atoms with E-state index in [1.165, 1.54) is 24.3 Å². The van der Waals surface area contributed by atoms with Gasteiger partial charge in [-0.2, -0.15) is 5.10 Å². The number of pyridine rings is 1. The Morgan fingerprint density at radius 3 is 2.60 bits per heavy atom. The van der Waals surface area contributed by atoms with Crippen molar-refractivity contribution in [3.05, 3.63) is 100 Å². The van der Waals surface area contributed by atoms with E-state index in [9.17, 15) is 13.6 Å². The van der Waals surface area contributed by atoms with Crippen LogP contribution in [-0.2, 0) is 19.4 Å². The summed E-state index contributed by atoms with van der Waals surface area (Å²) in [6.45, 7) is 2.44. The molecule has 0 aliphatic rings. The molecule has 4 aromatic heterocycles. The fraction of sp³-hybridized carbons (Fsp3) is 0.148. The molecule has 2 aromatic carbocycles. The maximum atomic E-state index is 13.7. The molecule has 0 radical (unpaired) electrons. The summed E-state index contributed by atoms with van der Waals surface area (Å²) in [7, 11) is 0. The molecule has 0 unspecified atom stereocenters. The summed E-state index contributed by atoms with van der Waals surface area (Å²) in [4.78, 5) is 21.0. The van der Waals surface area contributed by atoms with E-state index in [1.807, 2.05) is 19.2 Å². The molecule has 0 aliphatic heterocycles. The summed E-state index contributed by atoms with van der Waals surface area (Å²) in [6, 6.07) is 12.8. The van der Waals surface area contributed by atoms with E-state index in [4.69, 9.17) is 5.10 Å². The molecule has 174 valence electrons. The van der Waals surface area contributed by atoms with Gasteiger partial charge in [0.25, 0.3) is 5.56 Å². The molecule has 1 N–H and O–H groups in total. The van der Waals surface area contributed by atoms with Crippen molar-refractivity contribution in [2.24, 2.45) is 0 Å². The normalized spacial score (nSPS) is 11.7. The molecule has 0 saturated carbocycles. The van der Waals surface area contributed by atoms with Crippen molar-refractivity contribution in [2.45, 2.75) is 26.3 Å². The highest BCUT2D eigenvalue weighted by Crippen LogP contribution is 2.29. The van der Waals surface area contributed by atoms with Crippen LogP contribution in [0.25, 0.3) is 38.6 Å². The van der Waals surface area contributed by atoms with Crippen LogP contribution < -0.4 is 5.56 Å². The lowest BCUT2D eigenvalue weighted by Crippen LogP contribution is -2.21. The molecule has 6 nitrogen and oxygen atoms in total. The summed E-state index contributed by atoms with van der Waals surface area (Å²) in [5.74, 6) is -0.595. The Labute approximate surface area is 198 Å². The zero-order valence-electron chi connectivity index (χ0n) is 18.9. The lowest BCUT2D eigenvalue weighted by molar-refractivity contribution is 0.628. The second kappa shape index (κ2) is 8.16. The predicted molar refractivity (Wildman–Crippen MR) is 131 cm³/mol. The summed E-state index contributed by atoms with van der Waals surface area (Å²) < 4.78 is 30.5. The maximum absolute atomic E-state index is 13.7. The molecule has 0 spiro atoms. The van der Waals surface area contributed by atoms with Crippen LogP contribution in [-0.4, -0.2) is 24.1 Å². The molecule has 0 fully saturated rings. The SMILES string of the molecule is CCc1nn2c(ncc3c(=O)n(CCc4c[nH]c5ccc(F)cc45)ccc32)c1-c1ccc(F)cc1. The Morgan fingerprint density at radius 1 is 1.00 bits per heavy atom. The molecular formula is C27H21F2N5O. The van der Waals surface area contributed by atoms with Crippen LogP contribution in [0, 0.1) is 11.6 Å². The third-order valence-corrected chi connectivity index (χ3v) is 6.48. The van der Waals surface area contributed by atoms with Crippen LogP contribution in [0.3, 0.4) is 0 Å². The standard InChI is InChI=1S/C27H21F2N5O/c1-2-22-25(16-3-5-18(28)6-4-16)26-31-15-21-24(34(26)32-22)10-12-33(27(21)35)11-9-17-14-30-23-8-7-19(29)13-20(17)23/h3-8,10,12-15,30H,2,9,11H2,1H3. The number of halogens is 2. The molecule has 4 heterocycles. The summed E-state index contributed by atoms with van der Waals surface area (Å²) >= 11 is 0. The van der Waals surface area contributed by atoms with E-state index in [2.05, 4.69) is 9.97 Å². The molecule has 6 rings (SSSR count). The Morgan fingerprint density at radius 2 is 1.80 bits per heavy atom. The molecule has 8 heteroatoms. The smallest absolute Gasteiger partial charge is 0.261 e. The van der Waals surface area contributed by atoms with Gasteiger partial charge in [-0.1, -0.05) is 19.1 Å². The molecule has 35 heavy (non-hydrogen) atoms. The second-order valence-corrected chi connectivity index (χ2v) is 8.54. The van der Waals surface area contributed by atoms with Crippen molar-refractivity contribution in [3.63, 3.8) is 0 Å². The first kappa shape index (κ1) is 21.2. The molecule has 6 aromatic rings. The summed E-state index contributed by atoms with van der Waals surface area (Å²) in [5.41, 5.74) is 5.42. The molecule has 0 atom stereocenters. The number of aromatic amines is 1. The number of aromatic nitrogens is 5. The van der Waals surface area contributed by atoms with Gasteiger partial charge in [-0.15, -0.1) is 0 Å². The number of benzene rings is 2. The van der Waals surface area contributed by atoms with Gasteiger partial charge >= 0.3 is 0 Å². The third-order valence-electron chi connectivity index (χ3n) is 6.48. The third kappa shape index (κ3) is 3.49. The quantitative estimate of drug-likeness (QED) is 0.374. The Bertz CT molecular complexity index is 1780. The average molecular weight is 469 g/mol. The van der Waals surface area contributed by atoms with Gasteiger partial charge in [0.05, 0.1) is 16.6 Å². The van der Waals surface area contributed by atoms with Crippen LogP contribution in [0.5, 0.6) is 0 Å². The van der Waals surface area contributed by atoms with Gasteiger partial charge in [-0.3, -0.25) is 4.79 Å². The van der Waals surface area contributed by atoms with Gasteiger partial charge in [0.15, 0.2) is 5.65 Å². The van der Waals surface area contributed by atoms with E-state index in [-0.39, 0.29) is 17.2 Å². The van der Waals surface area contributed by atoms with Gasteiger partial charge < -0.3 is 9.55 Å². The van der Waals surface area contributed by atoms with Crippen molar-refractivity contribution in [3.8, 4) is 11.1 Å². The van der Waals surface area contributed by atoms with Crippen LogP contribution >= 0.6 is 0 Å². The van der Waals surface area contributed by atoms with Crippen molar-refractivity contribution in [1.29, 1.82) is 0 Å². The highest BCUT2D eigenvalue weighted by Gasteiger charge is 2.18. The number of aryl methyl sites for hydroxylation is 3. The van der Waals surface area contributed by atoms with Crippen LogP contribution in [0.15, 0.2) is 71.9 Å². The summed E-state index contributed by atoms with van der Waals surface area (Å²) in [6.07, 6.45) is 6.43. The zero-order valence-corrected chi connectivity index (χ0v) is 18.9. The number of nitrogens with zero attached hydrogens (tertiary/aromatic N) is 4. The van der Waals surface area contributed by atoms with Gasteiger partial charge in [0, 0.05) is 41.6 Å². The highest BCUT2D eigenvalue weighted by atomic mass is 19.1. The maximum Gasteiger partial charge on any atom is 0.261 e. The first-order valence-electron chi connectivity index (χ1n) is 11.4. The Kier molecular flexibility index (Phi) is 4.95. The fourth-order valence-electron chi connectivity index (χ4n) is 4.69. The number of fused-ring (bicyclic) bond motifs is 4. The molecular weight excluding hydrogens is 448 g/mol. The van der Waals surface area contributed by atoms with E-state index in [0.29, 0.717) is 35.9 Å². The molecule has 0 aliphatic carbocycles. The molecule has 0 bridgehead atoms. The van der Waals surface area contributed by atoms with Gasteiger partial charge in [-0.05, 0) is 60.4 Å². The van der Waals surface area contributed by atoms with Gasteiger partial charge in [-0.25, -0.2) is 18.3 Å². The predicted octanol–water partition coefficient (Wildman–Crippen LogP) is 5.28. The first-order valence-corrected chi connectivity index (χ1v) is 11.4. The van der Waals surface area contributed by atoms with Crippen molar-refractivity contribution in [1.82, 2.24) is 24.1 Å². The minimum Gasteiger partial charge on any atom is -0.361 e. The minimum absolute atomic E-state index is 0.167. The number of hydrogen-bond acceptors (Lipinski definition) is 3. The van der Waals surface area contributed by atoms with Crippen LogP contribution in [0.4, 0.5) is 8.78 Å². The zero-order chi connectivity index (χ0) is 24.1. The average Bonchev–Trinajstić information content (AvgIpc) is 3.45. The summed E-state index contributed by atoms with van der Waals surface area (Å²) in [5, 5.41) is 6.01. The second-order valence-electron chi connectivity index (χ2n) is 8.54. The van der Waals surface area contributed by atoms with Crippen molar-refractivity contribution < 1.29 is 8.78 Å². The number of nitrogens with one attached hydrogen (secondary N) is 1. The van der Waals surface area contributed by atoms with Crippen molar-refractivity contribution in [2.75, 3.05) is 0 Å². The highest BCUT2D eigenvalue weighted by molar-refractivity contribution is 5.86. The van der Waals surface area contributed by atoms with Crippen LogP contribution in [0.1, 0.15) is 18.2 Å². The monoisotopic (exact) mass is 469 g/mol. The van der Waals surface area contributed by atoms with E-state index < -0.39 is 0 Å². The van der Waals surface area contributed by atoms with Crippen molar-refractivity contribution >= 4 is 27.5 Å².